The lowest BCUT2D eigenvalue weighted by Crippen LogP contribution is -2.57. The number of carbonyl (C=O) groups excluding carboxylic acids is 1. The van der Waals surface area contributed by atoms with Crippen molar-refractivity contribution in [1.82, 2.24) is 10.2 Å². The van der Waals surface area contributed by atoms with Gasteiger partial charge < -0.3 is 20.7 Å². The molecule has 22 heavy (non-hydrogen) atoms. The fraction of sp³-hybridized carbons (Fsp3) is 0.562. The Bertz CT molecular complexity index is 626. The van der Waals surface area contributed by atoms with Crippen molar-refractivity contribution in [2.45, 2.75) is 25.3 Å². The van der Waals surface area contributed by atoms with Gasteiger partial charge in [-0.3, -0.25) is 4.79 Å². The SMILES string of the molecule is Nc1c(Cl)cc(C(=O)N[C@@H]2CN3CCC2CC3)c2c1CCO2. The van der Waals surface area contributed by atoms with Gasteiger partial charge >= 0.3 is 0 Å². The van der Waals surface area contributed by atoms with Crippen LogP contribution in [0.5, 0.6) is 5.75 Å². The van der Waals surface area contributed by atoms with Crippen molar-refractivity contribution >= 4 is 23.2 Å². The molecule has 0 aromatic heterocycles. The van der Waals surface area contributed by atoms with Gasteiger partial charge in [-0.05, 0) is 37.9 Å². The van der Waals surface area contributed by atoms with Crippen LogP contribution in [-0.2, 0) is 6.42 Å². The monoisotopic (exact) mass is 321 g/mol. The second-order valence-electron chi connectivity index (χ2n) is 6.44. The van der Waals surface area contributed by atoms with Gasteiger partial charge in [-0.1, -0.05) is 11.6 Å². The molecule has 4 heterocycles. The first kappa shape index (κ1) is 14.2. The second-order valence-corrected chi connectivity index (χ2v) is 6.85. The van der Waals surface area contributed by atoms with E-state index in [1.54, 1.807) is 6.07 Å². The summed E-state index contributed by atoms with van der Waals surface area (Å²) in [6.07, 6.45) is 3.05. The van der Waals surface area contributed by atoms with E-state index in [4.69, 9.17) is 22.1 Å². The van der Waals surface area contributed by atoms with Crippen molar-refractivity contribution in [3.8, 4) is 5.75 Å². The van der Waals surface area contributed by atoms with E-state index >= 15 is 0 Å². The zero-order chi connectivity index (χ0) is 15.3. The Balaban J connectivity index is 1.59. The predicted molar refractivity (Wildman–Crippen MR) is 85.5 cm³/mol. The number of halogens is 1. The molecule has 2 bridgehead atoms. The summed E-state index contributed by atoms with van der Waals surface area (Å²) in [7, 11) is 0. The first-order valence-electron chi connectivity index (χ1n) is 7.90. The summed E-state index contributed by atoms with van der Waals surface area (Å²) in [5.74, 6) is 1.10. The maximum absolute atomic E-state index is 12.7. The summed E-state index contributed by atoms with van der Waals surface area (Å²) >= 11 is 6.18. The van der Waals surface area contributed by atoms with E-state index < -0.39 is 0 Å². The summed E-state index contributed by atoms with van der Waals surface area (Å²) < 4.78 is 5.63. The number of nitrogens with one attached hydrogen (secondary N) is 1. The molecule has 4 aliphatic heterocycles. The minimum absolute atomic E-state index is 0.0983. The van der Waals surface area contributed by atoms with Crippen LogP contribution in [0.4, 0.5) is 5.69 Å². The van der Waals surface area contributed by atoms with Gasteiger partial charge in [0.05, 0.1) is 22.9 Å². The predicted octanol–water partition coefficient (Wildman–Crippen LogP) is 1.68. The number of benzene rings is 1. The Morgan fingerprint density at radius 3 is 2.86 bits per heavy atom. The fourth-order valence-electron chi connectivity index (χ4n) is 3.91. The Labute approximate surface area is 134 Å². The molecule has 0 unspecified atom stereocenters. The van der Waals surface area contributed by atoms with Crippen molar-refractivity contribution in [3.05, 3.63) is 22.2 Å². The Kier molecular flexibility index (Phi) is 3.42. The molecule has 0 radical (unpaired) electrons. The molecule has 4 aliphatic rings. The molecule has 3 saturated heterocycles. The van der Waals surface area contributed by atoms with E-state index in [1.165, 1.54) is 12.8 Å². The first-order valence-corrected chi connectivity index (χ1v) is 8.28. The largest absolute Gasteiger partial charge is 0.492 e. The number of hydrogen-bond acceptors (Lipinski definition) is 4. The Hall–Kier alpha value is -1.46. The van der Waals surface area contributed by atoms with Crippen molar-refractivity contribution in [2.75, 3.05) is 32.0 Å². The van der Waals surface area contributed by atoms with Gasteiger partial charge in [0.25, 0.3) is 5.91 Å². The van der Waals surface area contributed by atoms with E-state index in [2.05, 4.69) is 10.2 Å². The minimum Gasteiger partial charge on any atom is -0.492 e. The number of hydrogen-bond donors (Lipinski definition) is 2. The van der Waals surface area contributed by atoms with Crippen LogP contribution < -0.4 is 15.8 Å². The van der Waals surface area contributed by atoms with Gasteiger partial charge in [0.1, 0.15) is 5.75 Å². The van der Waals surface area contributed by atoms with Gasteiger partial charge in [-0.15, -0.1) is 0 Å². The number of nitrogens with zero attached hydrogens (tertiary/aromatic N) is 1. The molecular formula is C16H20ClN3O2. The maximum atomic E-state index is 12.7. The third-order valence-corrected chi connectivity index (χ3v) is 5.50. The highest BCUT2D eigenvalue weighted by Crippen LogP contribution is 2.39. The summed E-state index contributed by atoms with van der Waals surface area (Å²) in [6, 6.07) is 1.86. The van der Waals surface area contributed by atoms with Crippen LogP contribution in [0.25, 0.3) is 0 Å². The number of amides is 1. The molecule has 1 aromatic carbocycles. The van der Waals surface area contributed by atoms with Crippen molar-refractivity contribution < 1.29 is 9.53 Å². The molecule has 0 spiro atoms. The first-order chi connectivity index (χ1) is 10.6. The smallest absolute Gasteiger partial charge is 0.255 e. The number of fused-ring (bicyclic) bond motifs is 4. The van der Waals surface area contributed by atoms with Crippen LogP contribution in [0.2, 0.25) is 5.02 Å². The molecular weight excluding hydrogens is 302 g/mol. The highest BCUT2D eigenvalue weighted by Gasteiger charge is 2.36. The summed E-state index contributed by atoms with van der Waals surface area (Å²) in [6.45, 7) is 3.81. The lowest BCUT2D eigenvalue weighted by Gasteiger charge is -2.44. The quantitative estimate of drug-likeness (QED) is 0.813. The van der Waals surface area contributed by atoms with E-state index in [-0.39, 0.29) is 11.9 Å². The molecule has 1 atom stereocenters. The van der Waals surface area contributed by atoms with Gasteiger partial charge in [0.15, 0.2) is 0 Å². The number of nitrogens with two attached hydrogens (primary N) is 1. The normalized spacial score (nSPS) is 29.0. The van der Waals surface area contributed by atoms with E-state index in [0.29, 0.717) is 41.0 Å². The number of anilines is 1. The average Bonchev–Trinajstić information content (AvgIpc) is 3.02. The van der Waals surface area contributed by atoms with Crippen LogP contribution in [0.15, 0.2) is 6.07 Å². The summed E-state index contributed by atoms with van der Waals surface area (Å²) in [5.41, 5.74) is 7.91. The molecule has 3 fully saturated rings. The second kappa shape index (κ2) is 5.32. The zero-order valence-corrected chi connectivity index (χ0v) is 13.2. The van der Waals surface area contributed by atoms with Crippen LogP contribution in [0, 0.1) is 5.92 Å². The van der Waals surface area contributed by atoms with E-state index in [0.717, 1.165) is 25.2 Å². The molecule has 6 heteroatoms. The molecule has 5 rings (SSSR count). The number of nitrogen functional groups attached to an aromatic ring is 1. The van der Waals surface area contributed by atoms with Gasteiger partial charge in [-0.2, -0.15) is 0 Å². The van der Waals surface area contributed by atoms with Crippen LogP contribution in [0.1, 0.15) is 28.8 Å². The molecule has 0 saturated carbocycles. The molecule has 0 aliphatic carbocycles. The average molecular weight is 322 g/mol. The molecule has 1 aromatic rings. The minimum atomic E-state index is -0.0983. The lowest BCUT2D eigenvalue weighted by atomic mass is 9.84. The van der Waals surface area contributed by atoms with Gasteiger partial charge in [0, 0.05) is 24.6 Å². The molecule has 1 amide bonds. The number of piperidine rings is 3. The summed E-state index contributed by atoms with van der Waals surface area (Å²) in [4.78, 5) is 15.1. The van der Waals surface area contributed by atoms with Gasteiger partial charge in [0.2, 0.25) is 0 Å². The topological polar surface area (TPSA) is 67.6 Å². The Morgan fingerprint density at radius 2 is 2.18 bits per heavy atom. The van der Waals surface area contributed by atoms with Crippen LogP contribution in [-0.4, -0.2) is 43.1 Å². The zero-order valence-electron chi connectivity index (χ0n) is 12.4. The third kappa shape index (κ3) is 2.23. The van der Waals surface area contributed by atoms with Crippen molar-refractivity contribution in [1.29, 1.82) is 0 Å². The highest BCUT2D eigenvalue weighted by atomic mass is 35.5. The number of ether oxygens (including phenoxy) is 1. The van der Waals surface area contributed by atoms with E-state index in [1.807, 2.05) is 0 Å². The molecule has 3 N–H and O–H groups in total. The van der Waals surface area contributed by atoms with Crippen molar-refractivity contribution in [3.63, 3.8) is 0 Å². The lowest BCUT2D eigenvalue weighted by molar-refractivity contribution is 0.0619. The number of rotatable bonds is 2. The highest BCUT2D eigenvalue weighted by molar-refractivity contribution is 6.33. The Morgan fingerprint density at radius 1 is 1.41 bits per heavy atom. The maximum Gasteiger partial charge on any atom is 0.255 e. The number of carbonyl (C=O) groups is 1. The third-order valence-electron chi connectivity index (χ3n) is 5.19. The summed E-state index contributed by atoms with van der Waals surface area (Å²) in [5, 5.41) is 3.62. The standard InChI is InChI=1S/C16H20ClN3O2/c17-12-7-11(15-10(14(12)18)3-6-22-15)16(21)19-13-8-20-4-1-9(13)2-5-20/h7,9,13H,1-6,8,18H2,(H,19,21)/t13-/m1/s1. The molecule has 118 valence electrons. The molecule has 5 nitrogen and oxygen atoms in total. The van der Waals surface area contributed by atoms with Crippen molar-refractivity contribution in [2.24, 2.45) is 5.92 Å². The van der Waals surface area contributed by atoms with E-state index in [9.17, 15) is 4.79 Å². The van der Waals surface area contributed by atoms with Crippen LogP contribution >= 0.6 is 11.6 Å². The van der Waals surface area contributed by atoms with Gasteiger partial charge in [-0.25, -0.2) is 0 Å². The fourth-order valence-corrected chi connectivity index (χ4v) is 4.13. The van der Waals surface area contributed by atoms with Crippen LogP contribution in [0.3, 0.4) is 0 Å².